The molecule has 0 unspecified atom stereocenters. The summed E-state index contributed by atoms with van der Waals surface area (Å²) >= 11 is 0. The highest BCUT2D eigenvalue weighted by Crippen LogP contribution is 2.14. The lowest BCUT2D eigenvalue weighted by atomic mass is 10.1. The van der Waals surface area contributed by atoms with Crippen LogP contribution >= 0.6 is 0 Å². The van der Waals surface area contributed by atoms with Gasteiger partial charge in [-0.15, -0.1) is 0 Å². The maximum Gasteiger partial charge on any atom is 0.326 e. The molecule has 8 nitrogen and oxygen atoms in total. The molecule has 0 bridgehead atoms. The number of aromatic nitrogens is 2. The average Bonchev–Trinajstić information content (AvgIpc) is 3.00. The highest BCUT2D eigenvalue weighted by molar-refractivity contribution is 5.83. The smallest absolute Gasteiger partial charge is 0.326 e. The number of hydrogen-bond acceptors (Lipinski definition) is 5. The predicted octanol–water partition coefficient (Wildman–Crippen LogP) is 0.729. The Morgan fingerprint density at radius 2 is 2.09 bits per heavy atom. The fourth-order valence-electron chi connectivity index (χ4n) is 1.99. The molecule has 0 aliphatic carbocycles. The largest absolute Gasteiger partial charge is 0.480 e. The molecule has 2 rings (SSSR count). The Balaban J connectivity index is 2.16. The SMILES string of the molecule is CC(C)[C@@H](NC(=O)Cn1nc(-c2ccco2)ccc1=O)C(=O)O. The van der Waals surface area contributed by atoms with Crippen LogP contribution in [0.4, 0.5) is 0 Å². The number of amides is 1. The summed E-state index contributed by atoms with van der Waals surface area (Å²) in [6, 6.07) is 5.10. The lowest BCUT2D eigenvalue weighted by Gasteiger charge is -2.18. The first-order valence-electron chi connectivity index (χ1n) is 7.02. The van der Waals surface area contributed by atoms with Gasteiger partial charge in [0, 0.05) is 6.07 Å². The molecule has 2 aromatic rings. The lowest BCUT2D eigenvalue weighted by molar-refractivity contribution is -0.143. The maximum absolute atomic E-state index is 12.0. The maximum atomic E-state index is 12.0. The molecule has 23 heavy (non-hydrogen) atoms. The zero-order valence-corrected chi connectivity index (χ0v) is 12.7. The van der Waals surface area contributed by atoms with Crippen molar-refractivity contribution in [1.29, 1.82) is 0 Å². The molecule has 0 spiro atoms. The van der Waals surface area contributed by atoms with Crippen LogP contribution in [0, 0.1) is 5.92 Å². The number of carboxylic acids is 1. The molecule has 2 aromatic heterocycles. The molecule has 0 fully saturated rings. The van der Waals surface area contributed by atoms with E-state index >= 15 is 0 Å². The van der Waals surface area contributed by atoms with Crippen molar-refractivity contribution in [3.05, 3.63) is 40.9 Å². The Morgan fingerprint density at radius 3 is 2.65 bits per heavy atom. The molecule has 0 aromatic carbocycles. The Kier molecular flexibility index (Phi) is 4.95. The van der Waals surface area contributed by atoms with E-state index in [-0.39, 0.29) is 12.5 Å². The number of carbonyl (C=O) groups excluding carboxylic acids is 1. The summed E-state index contributed by atoms with van der Waals surface area (Å²) in [5.41, 5.74) is -0.0621. The first-order chi connectivity index (χ1) is 10.9. The van der Waals surface area contributed by atoms with Gasteiger partial charge in [0.15, 0.2) is 5.76 Å². The van der Waals surface area contributed by atoms with Crippen molar-refractivity contribution < 1.29 is 19.1 Å². The van der Waals surface area contributed by atoms with Gasteiger partial charge in [0.05, 0.1) is 6.26 Å². The van der Waals surface area contributed by atoms with E-state index in [2.05, 4.69) is 10.4 Å². The molecule has 1 atom stereocenters. The predicted molar refractivity (Wildman–Crippen MR) is 80.6 cm³/mol. The second-order valence-electron chi connectivity index (χ2n) is 5.32. The minimum absolute atomic E-state index is 0.282. The van der Waals surface area contributed by atoms with Crippen LogP contribution in [0.5, 0.6) is 0 Å². The number of carbonyl (C=O) groups is 2. The average molecular weight is 319 g/mol. The van der Waals surface area contributed by atoms with Gasteiger partial charge in [-0.25, -0.2) is 9.48 Å². The van der Waals surface area contributed by atoms with Crippen LogP contribution in [0.3, 0.4) is 0 Å². The molecule has 8 heteroatoms. The molecule has 1 amide bonds. The third-order valence-electron chi connectivity index (χ3n) is 3.18. The van der Waals surface area contributed by atoms with E-state index in [0.717, 1.165) is 4.68 Å². The summed E-state index contributed by atoms with van der Waals surface area (Å²) < 4.78 is 6.16. The third kappa shape index (κ3) is 4.06. The Morgan fingerprint density at radius 1 is 1.35 bits per heavy atom. The standard InChI is InChI=1S/C15H17N3O5/c1-9(2)14(15(21)22)16-12(19)8-18-13(20)6-5-10(17-18)11-4-3-7-23-11/h3-7,9,14H,8H2,1-2H3,(H,16,19)(H,21,22)/t14-/m1/s1. The van der Waals surface area contributed by atoms with Crippen molar-refractivity contribution in [2.45, 2.75) is 26.4 Å². The van der Waals surface area contributed by atoms with Gasteiger partial charge in [-0.2, -0.15) is 5.10 Å². The summed E-state index contributed by atoms with van der Waals surface area (Å²) in [4.78, 5) is 34.9. The minimum atomic E-state index is -1.13. The summed E-state index contributed by atoms with van der Waals surface area (Å²) in [6.45, 7) is 2.99. The van der Waals surface area contributed by atoms with Gasteiger partial charge in [0.2, 0.25) is 5.91 Å². The Labute approximate surface area is 131 Å². The molecule has 0 saturated carbocycles. The second kappa shape index (κ2) is 6.91. The molecule has 2 heterocycles. The van der Waals surface area contributed by atoms with Crippen molar-refractivity contribution in [1.82, 2.24) is 15.1 Å². The quantitative estimate of drug-likeness (QED) is 0.811. The topological polar surface area (TPSA) is 114 Å². The number of aliphatic carboxylic acids is 1. The van der Waals surface area contributed by atoms with Gasteiger partial charge in [0.1, 0.15) is 18.3 Å². The minimum Gasteiger partial charge on any atom is -0.480 e. The lowest BCUT2D eigenvalue weighted by Crippen LogP contribution is -2.46. The summed E-state index contributed by atoms with van der Waals surface area (Å²) in [5.74, 6) is -1.55. The van der Waals surface area contributed by atoms with Crippen LogP contribution in [-0.4, -0.2) is 32.8 Å². The van der Waals surface area contributed by atoms with E-state index in [1.807, 2.05) is 0 Å². The van der Waals surface area contributed by atoms with Gasteiger partial charge < -0.3 is 14.8 Å². The molecule has 122 valence electrons. The summed E-state index contributed by atoms with van der Waals surface area (Å²) in [5, 5.41) is 15.5. The molecular formula is C15H17N3O5. The van der Waals surface area contributed by atoms with Crippen LogP contribution < -0.4 is 10.9 Å². The van der Waals surface area contributed by atoms with Crippen LogP contribution in [0.25, 0.3) is 11.5 Å². The van der Waals surface area contributed by atoms with Crippen molar-refractivity contribution >= 4 is 11.9 Å². The van der Waals surface area contributed by atoms with Crippen molar-refractivity contribution in [2.24, 2.45) is 5.92 Å². The first-order valence-corrected chi connectivity index (χ1v) is 7.02. The highest BCUT2D eigenvalue weighted by atomic mass is 16.4. The van der Waals surface area contributed by atoms with E-state index in [0.29, 0.717) is 11.5 Å². The van der Waals surface area contributed by atoms with E-state index in [1.165, 1.54) is 18.4 Å². The van der Waals surface area contributed by atoms with Crippen LogP contribution in [0.2, 0.25) is 0 Å². The van der Waals surface area contributed by atoms with Crippen LogP contribution in [-0.2, 0) is 16.1 Å². The normalized spacial score (nSPS) is 12.1. The number of nitrogens with zero attached hydrogens (tertiary/aromatic N) is 2. The fourth-order valence-corrected chi connectivity index (χ4v) is 1.99. The van der Waals surface area contributed by atoms with Crippen molar-refractivity contribution in [3.8, 4) is 11.5 Å². The molecule has 2 N–H and O–H groups in total. The number of rotatable bonds is 6. The van der Waals surface area contributed by atoms with Gasteiger partial charge in [0.25, 0.3) is 5.56 Å². The number of carboxylic acid groups (broad SMARTS) is 1. The second-order valence-corrected chi connectivity index (χ2v) is 5.32. The Bertz CT molecular complexity index is 749. The van der Waals surface area contributed by atoms with Crippen molar-refractivity contribution in [3.63, 3.8) is 0 Å². The van der Waals surface area contributed by atoms with E-state index in [9.17, 15) is 14.4 Å². The number of nitrogens with one attached hydrogen (secondary N) is 1. The van der Waals surface area contributed by atoms with E-state index < -0.39 is 23.5 Å². The Hall–Kier alpha value is -2.90. The van der Waals surface area contributed by atoms with Gasteiger partial charge >= 0.3 is 5.97 Å². The van der Waals surface area contributed by atoms with E-state index in [4.69, 9.17) is 9.52 Å². The van der Waals surface area contributed by atoms with Crippen molar-refractivity contribution in [2.75, 3.05) is 0 Å². The third-order valence-corrected chi connectivity index (χ3v) is 3.18. The van der Waals surface area contributed by atoms with Crippen LogP contribution in [0.15, 0.2) is 39.7 Å². The summed E-state index contributed by atoms with van der Waals surface area (Å²) in [7, 11) is 0. The monoisotopic (exact) mass is 319 g/mol. The van der Waals surface area contributed by atoms with Crippen LogP contribution in [0.1, 0.15) is 13.8 Å². The molecule has 0 aliphatic heterocycles. The zero-order valence-electron chi connectivity index (χ0n) is 12.7. The van der Waals surface area contributed by atoms with E-state index in [1.54, 1.807) is 26.0 Å². The van der Waals surface area contributed by atoms with Gasteiger partial charge in [-0.1, -0.05) is 13.8 Å². The number of hydrogen-bond donors (Lipinski definition) is 2. The van der Waals surface area contributed by atoms with Gasteiger partial charge in [-0.05, 0) is 24.1 Å². The molecule has 0 aliphatic rings. The number of furan rings is 1. The molecular weight excluding hydrogens is 302 g/mol. The molecule has 0 saturated heterocycles. The first kappa shape index (κ1) is 16.5. The highest BCUT2D eigenvalue weighted by Gasteiger charge is 2.23. The fraction of sp³-hybridized carbons (Fsp3) is 0.333. The zero-order chi connectivity index (χ0) is 17.0. The van der Waals surface area contributed by atoms with Gasteiger partial charge in [-0.3, -0.25) is 9.59 Å². The molecule has 0 radical (unpaired) electrons. The summed E-state index contributed by atoms with van der Waals surface area (Å²) in [6.07, 6.45) is 1.47.